The third-order valence-electron chi connectivity index (χ3n) is 2.79. The molecule has 1 fully saturated rings. The summed E-state index contributed by atoms with van der Waals surface area (Å²) in [5.41, 5.74) is 7.59. The van der Waals surface area contributed by atoms with Gasteiger partial charge >= 0.3 is 6.09 Å². The van der Waals surface area contributed by atoms with Crippen LogP contribution in [0.5, 0.6) is 0 Å². The van der Waals surface area contributed by atoms with E-state index in [4.69, 9.17) is 5.73 Å². The van der Waals surface area contributed by atoms with E-state index >= 15 is 0 Å². The summed E-state index contributed by atoms with van der Waals surface area (Å²) in [4.78, 5) is 34.2. The van der Waals surface area contributed by atoms with Crippen molar-refractivity contribution in [2.75, 3.05) is 5.43 Å². The molecule has 1 saturated carbocycles. The third-order valence-corrected chi connectivity index (χ3v) is 2.79. The molecule has 2 rings (SSSR count). The van der Waals surface area contributed by atoms with Crippen molar-refractivity contribution < 1.29 is 19.1 Å². The number of aromatic nitrogens is 1. The Bertz CT molecular complexity index is 535. The molecular weight excluding hydrogens is 264 g/mol. The second-order valence-electron chi connectivity index (χ2n) is 4.57. The Kier molecular flexibility index (Phi) is 3.92. The number of primary amides is 1. The number of rotatable bonds is 5. The van der Waals surface area contributed by atoms with Gasteiger partial charge in [0.25, 0.3) is 11.8 Å². The minimum atomic E-state index is -1.05. The zero-order valence-corrected chi connectivity index (χ0v) is 11.0. The number of nitrogens with two attached hydrogens (primary N) is 1. The quantitative estimate of drug-likeness (QED) is 0.700. The first-order chi connectivity index (χ1) is 9.47. The molecule has 3 amide bonds. The van der Waals surface area contributed by atoms with Crippen molar-refractivity contribution in [2.24, 2.45) is 5.73 Å². The van der Waals surface area contributed by atoms with Crippen LogP contribution in [0.25, 0.3) is 0 Å². The number of hydrogen-bond acceptors (Lipinski definition) is 4. The molecule has 1 aromatic heterocycles. The summed E-state index contributed by atoms with van der Waals surface area (Å²) in [6.45, 7) is 1.38. The van der Waals surface area contributed by atoms with Crippen molar-refractivity contribution in [1.82, 2.24) is 9.99 Å². The van der Waals surface area contributed by atoms with Crippen molar-refractivity contribution in [3.8, 4) is 0 Å². The van der Waals surface area contributed by atoms with Gasteiger partial charge in [0.15, 0.2) is 6.10 Å². The summed E-state index contributed by atoms with van der Waals surface area (Å²) in [5, 5.41) is 2.81. The van der Waals surface area contributed by atoms with Gasteiger partial charge in [0.05, 0.1) is 0 Å². The fraction of sp³-hybridized carbons (Fsp3) is 0.417. The highest BCUT2D eigenvalue weighted by molar-refractivity contribution is 5.95. The van der Waals surface area contributed by atoms with Crippen LogP contribution in [0.2, 0.25) is 0 Å². The lowest BCUT2D eigenvalue weighted by Crippen LogP contribution is -2.38. The number of hydrogen-bond donors (Lipinski definition) is 3. The largest absolute Gasteiger partial charge is 0.437 e. The number of amides is 3. The molecule has 0 radical (unpaired) electrons. The average molecular weight is 280 g/mol. The highest BCUT2D eigenvalue weighted by Crippen LogP contribution is 2.19. The molecule has 0 bridgehead atoms. The molecule has 0 spiro atoms. The van der Waals surface area contributed by atoms with Crippen LogP contribution >= 0.6 is 0 Å². The van der Waals surface area contributed by atoms with Crippen molar-refractivity contribution >= 4 is 17.9 Å². The summed E-state index contributed by atoms with van der Waals surface area (Å²) in [5.74, 6) is -0.846. The first kappa shape index (κ1) is 13.9. The van der Waals surface area contributed by atoms with Crippen LogP contribution in [0.3, 0.4) is 0 Å². The van der Waals surface area contributed by atoms with Gasteiger partial charge in [-0.25, -0.2) is 4.79 Å². The van der Waals surface area contributed by atoms with E-state index in [1.807, 2.05) is 0 Å². The SMILES string of the molecule is CC(OC(N)=O)C(=O)Nn1cccc1C(=O)NC1CC1. The smallest absolute Gasteiger partial charge is 0.405 e. The molecule has 0 aliphatic heterocycles. The molecule has 1 atom stereocenters. The van der Waals surface area contributed by atoms with Gasteiger partial charge in [0.1, 0.15) is 5.69 Å². The Labute approximate surface area is 115 Å². The molecule has 1 aliphatic carbocycles. The van der Waals surface area contributed by atoms with Crippen molar-refractivity contribution in [2.45, 2.75) is 31.9 Å². The fourth-order valence-corrected chi connectivity index (χ4v) is 1.59. The van der Waals surface area contributed by atoms with Crippen molar-refractivity contribution in [3.05, 3.63) is 24.0 Å². The van der Waals surface area contributed by atoms with Gasteiger partial charge in [-0.1, -0.05) is 0 Å². The third kappa shape index (κ3) is 3.50. The highest BCUT2D eigenvalue weighted by Gasteiger charge is 2.25. The molecule has 1 unspecified atom stereocenters. The average Bonchev–Trinajstić information content (AvgIpc) is 3.04. The number of carbonyl (C=O) groups excluding carboxylic acids is 3. The summed E-state index contributed by atoms with van der Waals surface area (Å²) >= 11 is 0. The molecule has 1 aromatic rings. The Morgan fingerprint density at radius 3 is 2.75 bits per heavy atom. The van der Waals surface area contributed by atoms with Crippen molar-refractivity contribution in [3.63, 3.8) is 0 Å². The van der Waals surface area contributed by atoms with Crippen LogP contribution in [0.4, 0.5) is 4.79 Å². The summed E-state index contributed by atoms with van der Waals surface area (Å²) in [6, 6.07) is 3.43. The molecule has 8 heteroatoms. The zero-order chi connectivity index (χ0) is 14.7. The Morgan fingerprint density at radius 2 is 2.15 bits per heavy atom. The number of carbonyl (C=O) groups is 3. The molecule has 0 aromatic carbocycles. The summed E-state index contributed by atoms with van der Waals surface area (Å²) in [7, 11) is 0. The minimum absolute atomic E-state index is 0.221. The topological polar surface area (TPSA) is 115 Å². The van der Waals surface area contributed by atoms with Crippen LogP contribution < -0.4 is 16.5 Å². The lowest BCUT2D eigenvalue weighted by molar-refractivity contribution is -0.124. The van der Waals surface area contributed by atoms with E-state index in [9.17, 15) is 14.4 Å². The maximum absolute atomic E-state index is 11.9. The van der Waals surface area contributed by atoms with Crippen LogP contribution in [0.15, 0.2) is 18.3 Å². The second-order valence-corrected chi connectivity index (χ2v) is 4.57. The standard InChI is InChI=1S/C12H16N4O4/c1-7(20-12(13)19)10(17)15-16-6-2-3-9(16)11(18)14-8-4-5-8/h2-3,6-8H,4-5H2,1H3,(H2,13,19)(H,14,18)(H,15,17). The van der Waals surface area contributed by atoms with Crippen LogP contribution in [-0.2, 0) is 9.53 Å². The molecule has 108 valence electrons. The normalized spacial score (nSPS) is 15.2. The predicted molar refractivity (Wildman–Crippen MR) is 69.4 cm³/mol. The number of ether oxygens (including phenoxy) is 1. The molecule has 8 nitrogen and oxygen atoms in total. The van der Waals surface area contributed by atoms with Gasteiger partial charge in [0, 0.05) is 12.2 Å². The molecule has 20 heavy (non-hydrogen) atoms. The summed E-state index contributed by atoms with van der Waals surface area (Å²) in [6.07, 6.45) is 1.39. The van der Waals surface area contributed by atoms with Gasteiger partial charge in [0.2, 0.25) is 0 Å². The molecular formula is C12H16N4O4. The zero-order valence-electron chi connectivity index (χ0n) is 11.0. The van der Waals surface area contributed by atoms with Gasteiger partial charge < -0.3 is 15.8 Å². The van der Waals surface area contributed by atoms with Gasteiger partial charge in [-0.15, -0.1) is 0 Å². The summed E-state index contributed by atoms with van der Waals surface area (Å²) < 4.78 is 5.83. The predicted octanol–water partition coefficient (Wildman–Crippen LogP) is -0.0658. The van der Waals surface area contributed by atoms with Crippen LogP contribution in [-0.4, -0.2) is 34.7 Å². The molecule has 4 N–H and O–H groups in total. The van der Waals surface area contributed by atoms with Gasteiger partial charge in [-0.05, 0) is 31.9 Å². The van der Waals surface area contributed by atoms with Gasteiger partial charge in [-0.2, -0.15) is 0 Å². The van der Waals surface area contributed by atoms with E-state index in [2.05, 4.69) is 15.5 Å². The van der Waals surface area contributed by atoms with E-state index in [1.54, 1.807) is 12.1 Å². The molecule has 0 saturated heterocycles. The maximum Gasteiger partial charge on any atom is 0.405 e. The first-order valence-electron chi connectivity index (χ1n) is 6.22. The lowest BCUT2D eigenvalue weighted by atomic mass is 10.4. The van der Waals surface area contributed by atoms with E-state index in [0.717, 1.165) is 12.8 Å². The Balaban J connectivity index is 1.98. The number of nitrogens with one attached hydrogen (secondary N) is 2. The minimum Gasteiger partial charge on any atom is -0.437 e. The lowest BCUT2D eigenvalue weighted by Gasteiger charge is -2.14. The first-order valence-corrected chi connectivity index (χ1v) is 6.22. The van der Waals surface area contributed by atoms with Crippen LogP contribution in [0, 0.1) is 0 Å². The van der Waals surface area contributed by atoms with E-state index < -0.39 is 18.1 Å². The van der Waals surface area contributed by atoms with Crippen molar-refractivity contribution in [1.29, 1.82) is 0 Å². The van der Waals surface area contributed by atoms with Gasteiger partial charge in [-0.3, -0.25) is 19.7 Å². The Hall–Kier alpha value is -2.51. The molecule has 1 aliphatic rings. The Morgan fingerprint density at radius 1 is 1.45 bits per heavy atom. The van der Waals surface area contributed by atoms with Crippen LogP contribution in [0.1, 0.15) is 30.3 Å². The molecule has 1 heterocycles. The maximum atomic E-state index is 11.9. The van der Waals surface area contributed by atoms with E-state index in [-0.39, 0.29) is 11.9 Å². The monoisotopic (exact) mass is 280 g/mol. The number of nitrogens with zero attached hydrogens (tertiary/aromatic N) is 1. The van der Waals surface area contributed by atoms with E-state index in [0.29, 0.717) is 5.69 Å². The second kappa shape index (κ2) is 5.64. The van der Waals surface area contributed by atoms with E-state index in [1.165, 1.54) is 17.8 Å². The highest BCUT2D eigenvalue weighted by atomic mass is 16.6. The fourth-order valence-electron chi connectivity index (χ4n) is 1.59.